The van der Waals surface area contributed by atoms with Gasteiger partial charge in [-0.25, -0.2) is 13.2 Å². The number of nitrogens with zero attached hydrogens (tertiary/aromatic N) is 4. The minimum atomic E-state index is -4.11. The number of fused-ring (bicyclic) bond motifs is 1. The monoisotopic (exact) mass is 544 g/mol. The zero-order chi connectivity index (χ0) is 27.2. The molecule has 0 unspecified atom stereocenters. The number of hydrogen-bond acceptors (Lipinski definition) is 10. The van der Waals surface area contributed by atoms with E-state index in [2.05, 4.69) is 20.3 Å². The van der Waals surface area contributed by atoms with Crippen LogP contribution in [0.2, 0.25) is 0 Å². The zero-order valence-electron chi connectivity index (χ0n) is 20.1. The first-order chi connectivity index (χ1) is 17.7. The lowest BCUT2D eigenvalue weighted by atomic mass is 10.0. The van der Waals surface area contributed by atoms with Crippen LogP contribution in [0.4, 0.5) is 9.80 Å². The van der Waals surface area contributed by atoms with Gasteiger partial charge in [0, 0.05) is 23.5 Å². The molecule has 3 rings (SSSR count). The average molecular weight is 545 g/mol. The SMILES string of the molecule is CCN1CCc2c(sc(NC(=O)c3ccc(S(=O)(=O)N(CC#N)CC#N)cc3)c2C(=O)NC(=O)OC)C1. The Labute approximate surface area is 218 Å². The number of hydrogen-bond donors (Lipinski definition) is 2. The van der Waals surface area contributed by atoms with E-state index in [1.807, 2.05) is 6.92 Å². The normalized spacial score (nSPS) is 13.2. The third-order valence-corrected chi connectivity index (χ3v) is 8.62. The van der Waals surface area contributed by atoms with Crippen LogP contribution in [0.1, 0.15) is 38.1 Å². The van der Waals surface area contributed by atoms with Crippen molar-refractivity contribution in [1.29, 1.82) is 10.5 Å². The van der Waals surface area contributed by atoms with E-state index in [1.54, 1.807) is 12.1 Å². The summed E-state index contributed by atoms with van der Waals surface area (Å²) in [6, 6.07) is 8.41. The van der Waals surface area contributed by atoms with Crippen molar-refractivity contribution in [2.24, 2.45) is 0 Å². The molecule has 0 fully saturated rings. The second kappa shape index (κ2) is 11.9. The molecule has 12 nitrogen and oxygen atoms in total. The third kappa shape index (κ3) is 6.12. The number of amides is 3. The lowest BCUT2D eigenvalue weighted by molar-refractivity contribution is 0.0936. The lowest BCUT2D eigenvalue weighted by Gasteiger charge is -2.25. The molecule has 0 atom stereocenters. The number of thiophene rings is 1. The molecule has 2 aromatic rings. The number of alkyl carbamates (subject to hydrolysis) is 1. The molecule has 2 heterocycles. The molecular weight excluding hydrogens is 520 g/mol. The van der Waals surface area contributed by atoms with Gasteiger partial charge in [0.15, 0.2) is 0 Å². The van der Waals surface area contributed by atoms with Crippen LogP contribution < -0.4 is 10.6 Å². The van der Waals surface area contributed by atoms with Gasteiger partial charge in [0.25, 0.3) is 11.8 Å². The Hall–Kier alpha value is -3.82. The number of nitrogens with one attached hydrogen (secondary N) is 2. The van der Waals surface area contributed by atoms with Gasteiger partial charge in [0.2, 0.25) is 10.0 Å². The molecular formula is C23H24N6O6S2. The number of anilines is 1. The number of carbonyl (C=O) groups is 3. The maximum absolute atomic E-state index is 13.0. The fraction of sp³-hybridized carbons (Fsp3) is 0.348. The van der Waals surface area contributed by atoms with E-state index >= 15 is 0 Å². The van der Waals surface area contributed by atoms with Gasteiger partial charge in [-0.2, -0.15) is 14.8 Å². The zero-order valence-corrected chi connectivity index (χ0v) is 21.7. The maximum atomic E-state index is 13.0. The van der Waals surface area contributed by atoms with Crippen LogP contribution in [0.25, 0.3) is 0 Å². The largest absolute Gasteiger partial charge is 0.453 e. The summed E-state index contributed by atoms with van der Waals surface area (Å²) in [6.07, 6.45) is -0.361. The van der Waals surface area contributed by atoms with Gasteiger partial charge in [-0.15, -0.1) is 11.3 Å². The summed E-state index contributed by atoms with van der Waals surface area (Å²) in [6.45, 7) is 3.17. The van der Waals surface area contributed by atoms with Gasteiger partial charge < -0.3 is 10.1 Å². The highest BCUT2D eigenvalue weighted by atomic mass is 32.2. The summed E-state index contributed by atoms with van der Waals surface area (Å²) in [5, 5.41) is 22.9. The van der Waals surface area contributed by atoms with E-state index in [4.69, 9.17) is 10.5 Å². The standard InChI is InChI=1S/C23H24N6O6S2/c1-3-28-11-8-17-18(14-28)36-22(19(17)21(31)27-23(32)35-2)26-20(30)15-4-6-16(7-5-15)37(33,34)29(12-9-24)13-10-25/h4-7H,3,8,11-14H2,1-2H3,(H,26,30)(H,27,31,32). The quantitative estimate of drug-likeness (QED) is 0.471. The summed E-state index contributed by atoms with van der Waals surface area (Å²) >= 11 is 1.24. The number of likely N-dealkylation sites (N-methyl/N-ethyl adjacent to an activating group) is 1. The number of rotatable bonds is 8. The molecule has 14 heteroatoms. The molecule has 194 valence electrons. The smallest absolute Gasteiger partial charge is 0.413 e. The van der Waals surface area contributed by atoms with Crippen molar-refractivity contribution in [3.05, 3.63) is 45.8 Å². The van der Waals surface area contributed by atoms with E-state index in [-0.39, 0.29) is 21.0 Å². The van der Waals surface area contributed by atoms with E-state index in [0.29, 0.717) is 13.0 Å². The first kappa shape index (κ1) is 27.8. The Bertz CT molecular complexity index is 1370. The Kier molecular flexibility index (Phi) is 8.96. The van der Waals surface area contributed by atoms with Crippen molar-refractivity contribution in [2.45, 2.75) is 24.8 Å². The van der Waals surface area contributed by atoms with Crippen molar-refractivity contribution >= 4 is 44.3 Å². The summed E-state index contributed by atoms with van der Waals surface area (Å²) < 4.78 is 30.7. The van der Waals surface area contributed by atoms with Crippen molar-refractivity contribution in [3.8, 4) is 12.1 Å². The second-order valence-electron chi connectivity index (χ2n) is 7.84. The fourth-order valence-corrected chi connectivity index (χ4v) is 6.26. The Balaban J connectivity index is 1.88. The number of sulfonamides is 1. The van der Waals surface area contributed by atoms with Gasteiger partial charge in [-0.3, -0.25) is 19.8 Å². The van der Waals surface area contributed by atoms with Gasteiger partial charge in [0.1, 0.15) is 18.1 Å². The fourth-order valence-electron chi connectivity index (χ4n) is 3.75. The molecule has 0 saturated heterocycles. The van der Waals surface area contributed by atoms with Gasteiger partial charge in [-0.1, -0.05) is 6.92 Å². The number of methoxy groups -OCH3 is 1. The highest BCUT2D eigenvalue weighted by molar-refractivity contribution is 7.89. The van der Waals surface area contributed by atoms with Crippen LogP contribution in [-0.4, -0.2) is 68.8 Å². The van der Waals surface area contributed by atoms with Gasteiger partial charge in [-0.05, 0) is 42.8 Å². The van der Waals surface area contributed by atoms with E-state index in [9.17, 15) is 22.8 Å². The summed E-state index contributed by atoms with van der Waals surface area (Å²) in [4.78, 5) is 40.4. The van der Waals surface area contributed by atoms with E-state index in [1.165, 1.54) is 35.6 Å². The molecule has 37 heavy (non-hydrogen) atoms. The van der Waals surface area contributed by atoms with E-state index in [0.717, 1.165) is 34.9 Å². The van der Waals surface area contributed by atoms with Gasteiger partial charge >= 0.3 is 6.09 Å². The molecule has 2 N–H and O–H groups in total. The molecule has 1 aliphatic heterocycles. The number of benzene rings is 1. The Morgan fingerprint density at radius 2 is 1.78 bits per heavy atom. The van der Waals surface area contributed by atoms with Crippen LogP contribution in [0, 0.1) is 22.7 Å². The first-order valence-corrected chi connectivity index (χ1v) is 13.3. The predicted octanol–water partition coefficient (Wildman–Crippen LogP) is 1.91. The Morgan fingerprint density at radius 1 is 1.14 bits per heavy atom. The van der Waals surface area contributed by atoms with Crippen LogP contribution >= 0.6 is 11.3 Å². The molecule has 0 bridgehead atoms. The van der Waals surface area contributed by atoms with Crippen molar-refractivity contribution < 1.29 is 27.5 Å². The lowest BCUT2D eigenvalue weighted by Crippen LogP contribution is -2.33. The topological polar surface area (TPSA) is 173 Å². The second-order valence-corrected chi connectivity index (χ2v) is 10.9. The van der Waals surface area contributed by atoms with E-state index < -0.39 is 41.0 Å². The van der Waals surface area contributed by atoms with Crippen molar-refractivity contribution in [3.63, 3.8) is 0 Å². The van der Waals surface area contributed by atoms with Crippen LogP contribution in [0.5, 0.6) is 0 Å². The molecule has 3 amide bonds. The minimum absolute atomic E-state index is 0.118. The number of carbonyl (C=O) groups excluding carboxylic acids is 3. The molecule has 0 spiro atoms. The van der Waals surface area contributed by atoms with Crippen LogP contribution in [0.3, 0.4) is 0 Å². The summed E-state index contributed by atoms with van der Waals surface area (Å²) in [5.74, 6) is -1.28. The van der Waals surface area contributed by atoms with Crippen molar-refractivity contribution in [2.75, 3.05) is 38.6 Å². The summed E-state index contributed by atoms with van der Waals surface area (Å²) in [7, 11) is -2.98. The van der Waals surface area contributed by atoms with Crippen LogP contribution in [-0.2, 0) is 27.7 Å². The Morgan fingerprint density at radius 3 is 2.35 bits per heavy atom. The highest BCUT2D eigenvalue weighted by Gasteiger charge is 2.30. The highest BCUT2D eigenvalue weighted by Crippen LogP contribution is 2.37. The maximum Gasteiger partial charge on any atom is 0.413 e. The number of ether oxygens (including phenoxy) is 1. The predicted molar refractivity (Wildman–Crippen MR) is 133 cm³/mol. The molecule has 1 aromatic heterocycles. The molecule has 0 aliphatic carbocycles. The van der Waals surface area contributed by atoms with Crippen LogP contribution in [0.15, 0.2) is 29.2 Å². The minimum Gasteiger partial charge on any atom is -0.453 e. The molecule has 1 aliphatic rings. The third-order valence-electron chi connectivity index (χ3n) is 5.69. The first-order valence-electron chi connectivity index (χ1n) is 11.1. The number of nitriles is 2. The van der Waals surface area contributed by atoms with Crippen molar-refractivity contribution in [1.82, 2.24) is 14.5 Å². The molecule has 0 saturated carbocycles. The number of imide groups is 1. The molecule has 0 radical (unpaired) electrons. The van der Waals surface area contributed by atoms with Gasteiger partial charge in [0.05, 0.1) is 29.7 Å². The summed E-state index contributed by atoms with van der Waals surface area (Å²) in [5.41, 5.74) is 1.06. The molecule has 1 aromatic carbocycles. The average Bonchev–Trinajstić information content (AvgIpc) is 3.25.